The Hall–Kier alpha value is -3.59. The van der Waals surface area contributed by atoms with E-state index >= 15 is 0 Å². The van der Waals surface area contributed by atoms with Crippen LogP contribution in [0.15, 0.2) is 54.6 Å². The molecule has 2 amide bonds. The van der Waals surface area contributed by atoms with Crippen molar-refractivity contribution in [2.24, 2.45) is 0 Å². The van der Waals surface area contributed by atoms with Crippen LogP contribution >= 0.6 is 0 Å². The minimum Gasteiger partial charge on any atom is -0.488 e. The van der Waals surface area contributed by atoms with Crippen LogP contribution in [-0.4, -0.2) is 65.9 Å². The fourth-order valence-electron chi connectivity index (χ4n) is 5.58. The van der Waals surface area contributed by atoms with E-state index in [2.05, 4.69) is 5.32 Å². The first kappa shape index (κ1) is 30.4. The molecular formula is C32H42N2O7. The van der Waals surface area contributed by atoms with Gasteiger partial charge >= 0.3 is 12.1 Å². The Morgan fingerprint density at radius 3 is 2.20 bits per heavy atom. The second kappa shape index (κ2) is 13.9. The van der Waals surface area contributed by atoms with Crippen molar-refractivity contribution in [1.82, 2.24) is 10.2 Å². The number of amides is 2. The van der Waals surface area contributed by atoms with Crippen molar-refractivity contribution < 1.29 is 33.3 Å². The summed E-state index contributed by atoms with van der Waals surface area (Å²) in [6.07, 6.45) is 2.57. The van der Waals surface area contributed by atoms with Crippen LogP contribution < -0.4 is 10.1 Å². The Balaban J connectivity index is 1.43. The van der Waals surface area contributed by atoms with E-state index in [9.17, 15) is 14.4 Å². The molecule has 0 saturated carbocycles. The normalized spacial score (nSPS) is 20.7. The van der Waals surface area contributed by atoms with E-state index in [0.29, 0.717) is 25.9 Å². The van der Waals surface area contributed by atoms with Gasteiger partial charge in [0.2, 0.25) is 5.91 Å². The molecule has 222 valence electrons. The van der Waals surface area contributed by atoms with E-state index in [1.807, 2.05) is 80.3 Å². The van der Waals surface area contributed by atoms with Gasteiger partial charge in [-0.05, 0) is 76.6 Å². The summed E-state index contributed by atoms with van der Waals surface area (Å²) in [5.74, 6) is 0.228. The summed E-state index contributed by atoms with van der Waals surface area (Å²) in [6.45, 7) is 8.06. The van der Waals surface area contributed by atoms with Gasteiger partial charge in [-0.3, -0.25) is 4.79 Å². The van der Waals surface area contributed by atoms with Gasteiger partial charge in [-0.2, -0.15) is 0 Å². The van der Waals surface area contributed by atoms with Gasteiger partial charge in [-0.1, -0.05) is 42.5 Å². The standard InChI is InChI=1S/C32H42N2O7/c1-5-38-29(35)21-39-27-18-24-13-14-25(19-27)34(24)30(36)28(33-31(37)40-20-23-9-7-6-8-10-23)17-22-11-15-26(16-12-22)41-32(2,3)4/h6-12,15-16,24-25,27-28H,5,13-14,17-21H2,1-4H3,(H,33,37)/t24-,25?,27?,28?/m0/s1. The number of esters is 1. The molecule has 0 spiro atoms. The van der Waals surface area contributed by atoms with Crippen molar-refractivity contribution in [3.05, 3.63) is 65.7 Å². The predicted molar refractivity (Wildman–Crippen MR) is 153 cm³/mol. The second-order valence-corrected chi connectivity index (χ2v) is 11.7. The Labute approximate surface area is 242 Å². The van der Waals surface area contributed by atoms with Crippen LogP contribution in [0.5, 0.6) is 5.75 Å². The molecule has 41 heavy (non-hydrogen) atoms. The predicted octanol–water partition coefficient (Wildman–Crippen LogP) is 4.80. The van der Waals surface area contributed by atoms with Gasteiger partial charge in [0.05, 0.1) is 12.7 Å². The van der Waals surface area contributed by atoms with E-state index < -0.39 is 12.1 Å². The topological polar surface area (TPSA) is 103 Å². The van der Waals surface area contributed by atoms with E-state index in [1.54, 1.807) is 6.92 Å². The van der Waals surface area contributed by atoms with E-state index in [0.717, 1.165) is 29.7 Å². The Morgan fingerprint density at radius 1 is 0.927 bits per heavy atom. The summed E-state index contributed by atoms with van der Waals surface area (Å²) in [6, 6.07) is 16.2. The number of alkyl carbamates (subject to hydrolysis) is 1. The third-order valence-electron chi connectivity index (χ3n) is 7.28. The number of hydrogen-bond donors (Lipinski definition) is 1. The second-order valence-electron chi connectivity index (χ2n) is 11.7. The summed E-state index contributed by atoms with van der Waals surface area (Å²) >= 11 is 0. The summed E-state index contributed by atoms with van der Waals surface area (Å²) in [5.41, 5.74) is 1.44. The fourth-order valence-corrected chi connectivity index (χ4v) is 5.58. The lowest BCUT2D eigenvalue weighted by molar-refractivity contribution is -0.154. The van der Waals surface area contributed by atoms with Crippen molar-refractivity contribution in [2.75, 3.05) is 13.2 Å². The summed E-state index contributed by atoms with van der Waals surface area (Å²) in [7, 11) is 0. The number of carbonyl (C=O) groups is 3. The number of piperidine rings is 1. The minimum atomic E-state index is -0.798. The average molecular weight is 567 g/mol. The first-order valence-electron chi connectivity index (χ1n) is 14.5. The lowest BCUT2D eigenvalue weighted by atomic mass is 9.97. The quantitative estimate of drug-likeness (QED) is 0.390. The van der Waals surface area contributed by atoms with Gasteiger partial charge < -0.3 is 29.2 Å². The smallest absolute Gasteiger partial charge is 0.408 e. The maximum Gasteiger partial charge on any atom is 0.408 e. The van der Waals surface area contributed by atoms with Gasteiger partial charge in [0.1, 0.15) is 30.6 Å². The molecule has 2 fully saturated rings. The molecule has 9 nitrogen and oxygen atoms in total. The van der Waals surface area contributed by atoms with Crippen molar-refractivity contribution in [2.45, 2.75) is 96.2 Å². The van der Waals surface area contributed by atoms with Gasteiger partial charge in [0.15, 0.2) is 0 Å². The number of carbonyl (C=O) groups excluding carboxylic acids is 3. The molecule has 4 rings (SSSR count). The molecule has 2 heterocycles. The average Bonchev–Trinajstić information content (AvgIpc) is 3.20. The van der Waals surface area contributed by atoms with Gasteiger partial charge in [-0.25, -0.2) is 9.59 Å². The molecule has 3 unspecified atom stereocenters. The minimum absolute atomic E-state index is 0.0133. The first-order valence-corrected chi connectivity index (χ1v) is 14.5. The monoisotopic (exact) mass is 566 g/mol. The molecule has 2 aliphatic heterocycles. The Bertz CT molecular complexity index is 1150. The number of nitrogens with zero attached hydrogens (tertiary/aromatic N) is 1. The zero-order valence-corrected chi connectivity index (χ0v) is 24.5. The summed E-state index contributed by atoms with van der Waals surface area (Å²) in [5, 5.41) is 2.84. The fraction of sp³-hybridized carbons (Fsp3) is 0.531. The van der Waals surface area contributed by atoms with Crippen molar-refractivity contribution in [3.8, 4) is 5.75 Å². The zero-order chi connectivity index (χ0) is 29.4. The highest BCUT2D eigenvalue weighted by atomic mass is 16.6. The lowest BCUT2D eigenvalue weighted by Crippen LogP contribution is -2.56. The molecule has 2 aromatic rings. The summed E-state index contributed by atoms with van der Waals surface area (Å²) in [4.78, 5) is 40.5. The molecule has 9 heteroatoms. The molecule has 2 bridgehead atoms. The SMILES string of the molecule is CCOC(=O)COC1CC2CC[C@@H](C1)N2C(=O)C(Cc1ccc(OC(C)(C)C)cc1)NC(=O)OCc1ccccc1. The molecule has 0 aliphatic carbocycles. The maximum atomic E-state index is 14.0. The lowest BCUT2D eigenvalue weighted by Gasteiger charge is -2.40. The Morgan fingerprint density at radius 2 is 1.59 bits per heavy atom. The number of fused-ring (bicyclic) bond motifs is 2. The van der Waals surface area contributed by atoms with Crippen LogP contribution in [0.25, 0.3) is 0 Å². The molecule has 2 saturated heterocycles. The van der Waals surface area contributed by atoms with Gasteiger partial charge in [-0.15, -0.1) is 0 Å². The van der Waals surface area contributed by atoms with E-state index in [4.69, 9.17) is 18.9 Å². The number of ether oxygens (including phenoxy) is 4. The van der Waals surface area contributed by atoms with Crippen LogP contribution in [0.3, 0.4) is 0 Å². The van der Waals surface area contributed by atoms with Crippen LogP contribution in [0, 0.1) is 0 Å². The highest BCUT2D eigenvalue weighted by Gasteiger charge is 2.45. The van der Waals surface area contributed by atoms with Crippen molar-refractivity contribution >= 4 is 18.0 Å². The van der Waals surface area contributed by atoms with Crippen LogP contribution in [0.4, 0.5) is 4.79 Å². The van der Waals surface area contributed by atoms with Crippen molar-refractivity contribution in [1.29, 1.82) is 0 Å². The van der Waals surface area contributed by atoms with E-state index in [-0.39, 0.29) is 48.9 Å². The third-order valence-corrected chi connectivity index (χ3v) is 7.28. The maximum absolute atomic E-state index is 14.0. The van der Waals surface area contributed by atoms with Crippen LogP contribution in [-0.2, 0) is 36.8 Å². The highest BCUT2D eigenvalue weighted by molar-refractivity contribution is 5.87. The molecule has 2 aromatic carbocycles. The largest absolute Gasteiger partial charge is 0.488 e. The first-order chi connectivity index (χ1) is 19.6. The third kappa shape index (κ3) is 8.95. The van der Waals surface area contributed by atoms with Crippen molar-refractivity contribution in [3.63, 3.8) is 0 Å². The highest BCUT2D eigenvalue weighted by Crippen LogP contribution is 2.37. The summed E-state index contributed by atoms with van der Waals surface area (Å²) < 4.78 is 22.2. The number of rotatable bonds is 11. The molecule has 1 N–H and O–H groups in total. The van der Waals surface area contributed by atoms with Crippen LogP contribution in [0.2, 0.25) is 0 Å². The van der Waals surface area contributed by atoms with Crippen LogP contribution in [0.1, 0.15) is 64.5 Å². The number of benzene rings is 2. The van der Waals surface area contributed by atoms with E-state index in [1.165, 1.54) is 0 Å². The molecular weight excluding hydrogens is 524 g/mol. The number of nitrogens with one attached hydrogen (secondary N) is 1. The molecule has 4 atom stereocenters. The zero-order valence-electron chi connectivity index (χ0n) is 24.5. The molecule has 0 aromatic heterocycles. The van der Waals surface area contributed by atoms with Gasteiger partial charge in [0, 0.05) is 18.5 Å². The molecule has 2 aliphatic rings. The molecule has 0 radical (unpaired) electrons. The Kier molecular flexibility index (Phi) is 10.3. The number of hydrogen-bond acceptors (Lipinski definition) is 7. The van der Waals surface area contributed by atoms with Gasteiger partial charge in [0.25, 0.3) is 0 Å².